The average Bonchev–Trinajstić information content (AvgIpc) is 3.21. The van der Waals surface area contributed by atoms with E-state index in [-0.39, 0.29) is 18.0 Å². The predicted molar refractivity (Wildman–Crippen MR) is 108 cm³/mol. The van der Waals surface area contributed by atoms with E-state index >= 15 is 0 Å². The minimum atomic E-state index is -0.300. The highest BCUT2D eigenvalue weighted by Gasteiger charge is 2.09. The molecule has 0 saturated heterocycles. The van der Waals surface area contributed by atoms with Crippen LogP contribution >= 0.6 is 11.3 Å². The summed E-state index contributed by atoms with van der Waals surface area (Å²) in [5.74, 6) is -0.242. The van der Waals surface area contributed by atoms with Crippen LogP contribution in [0.1, 0.15) is 4.88 Å². The number of aromatic nitrogens is 2. The van der Waals surface area contributed by atoms with E-state index in [4.69, 9.17) is 0 Å². The molecule has 0 spiro atoms. The molecule has 0 bridgehead atoms. The smallest absolute Gasteiger partial charge is 0.267 e. The summed E-state index contributed by atoms with van der Waals surface area (Å²) in [6.07, 6.45) is 0. The van der Waals surface area contributed by atoms with E-state index in [1.54, 1.807) is 17.4 Å². The average molecular weight is 375 g/mol. The number of hydrogen-bond donors (Lipinski definition) is 1. The Bertz CT molecular complexity index is 1150. The minimum absolute atomic E-state index is 0.106. The molecule has 1 N–H and O–H groups in total. The Balaban J connectivity index is 1.55. The topological polar surface area (TPSA) is 64.0 Å². The molecule has 0 aliphatic rings. The maximum Gasteiger partial charge on any atom is 0.267 e. The Morgan fingerprint density at radius 1 is 1.00 bits per heavy atom. The molecule has 0 saturated carbocycles. The predicted octanol–water partition coefficient (Wildman–Crippen LogP) is 3.44. The van der Waals surface area contributed by atoms with Gasteiger partial charge in [0.2, 0.25) is 5.91 Å². The molecular formula is C21H17N3O2S. The minimum Gasteiger partial charge on any atom is -0.350 e. The van der Waals surface area contributed by atoms with Crippen LogP contribution in [0.5, 0.6) is 0 Å². The Hall–Kier alpha value is -3.25. The van der Waals surface area contributed by atoms with Gasteiger partial charge < -0.3 is 5.32 Å². The molecule has 0 radical (unpaired) electrons. The normalized spacial score (nSPS) is 10.8. The number of benzene rings is 2. The van der Waals surface area contributed by atoms with Gasteiger partial charge >= 0.3 is 0 Å². The molecule has 0 aliphatic carbocycles. The van der Waals surface area contributed by atoms with E-state index < -0.39 is 0 Å². The highest BCUT2D eigenvalue weighted by Crippen LogP contribution is 2.22. The van der Waals surface area contributed by atoms with Crippen molar-refractivity contribution < 1.29 is 4.79 Å². The molecule has 1 amide bonds. The van der Waals surface area contributed by atoms with Crippen molar-refractivity contribution >= 4 is 28.0 Å². The first-order chi connectivity index (χ1) is 13.2. The first-order valence-corrected chi connectivity index (χ1v) is 9.43. The second-order valence-corrected chi connectivity index (χ2v) is 7.16. The highest BCUT2D eigenvalue weighted by atomic mass is 32.1. The van der Waals surface area contributed by atoms with Gasteiger partial charge in [0.1, 0.15) is 6.54 Å². The van der Waals surface area contributed by atoms with Crippen molar-refractivity contribution in [1.29, 1.82) is 0 Å². The van der Waals surface area contributed by atoms with Crippen LogP contribution < -0.4 is 10.9 Å². The van der Waals surface area contributed by atoms with Gasteiger partial charge in [-0.2, -0.15) is 5.10 Å². The molecule has 4 rings (SSSR count). The summed E-state index contributed by atoms with van der Waals surface area (Å²) in [6, 6.07) is 21.1. The van der Waals surface area contributed by atoms with E-state index in [2.05, 4.69) is 10.4 Å². The Morgan fingerprint density at radius 3 is 2.67 bits per heavy atom. The Labute approximate surface area is 159 Å². The second-order valence-electron chi connectivity index (χ2n) is 6.13. The fourth-order valence-electron chi connectivity index (χ4n) is 2.86. The zero-order valence-electron chi connectivity index (χ0n) is 14.5. The van der Waals surface area contributed by atoms with E-state index in [0.717, 1.165) is 21.2 Å². The van der Waals surface area contributed by atoms with Crippen molar-refractivity contribution in [2.45, 2.75) is 13.1 Å². The fourth-order valence-corrected chi connectivity index (χ4v) is 3.50. The number of fused-ring (bicyclic) bond motifs is 1. The number of carbonyl (C=O) groups excluding carboxylic acids is 1. The van der Waals surface area contributed by atoms with Crippen LogP contribution in [-0.2, 0) is 17.9 Å². The van der Waals surface area contributed by atoms with Crippen LogP contribution in [0.2, 0.25) is 0 Å². The zero-order chi connectivity index (χ0) is 18.6. The summed E-state index contributed by atoms with van der Waals surface area (Å²) in [6.45, 7) is 0.348. The standard InChI is InChI=1S/C21H17N3O2S/c25-20(22-13-18-6-3-11-27-18)14-24-21(26)10-9-19(23-24)17-8-7-15-4-1-2-5-16(15)12-17/h1-12H,13-14H2,(H,22,25). The lowest BCUT2D eigenvalue weighted by Gasteiger charge is -2.08. The van der Waals surface area contributed by atoms with Crippen LogP contribution in [0.15, 0.2) is 76.9 Å². The zero-order valence-corrected chi connectivity index (χ0v) is 15.3. The van der Waals surface area contributed by atoms with E-state index in [9.17, 15) is 9.59 Å². The quantitative estimate of drug-likeness (QED) is 0.581. The van der Waals surface area contributed by atoms with Crippen LogP contribution in [0.4, 0.5) is 0 Å². The van der Waals surface area contributed by atoms with Crippen LogP contribution in [0.25, 0.3) is 22.0 Å². The molecule has 4 aromatic rings. The van der Waals surface area contributed by atoms with Gasteiger partial charge in [0.15, 0.2) is 0 Å². The second kappa shape index (κ2) is 7.55. The van der Waals surface area contributed by atoms with Gasteiger partial charge in [-0.25, -0.2) is 4.68 Å². The van der Waals surface area contributed by atoms with Crippen molar-refractivity contribution in [2.75, 3.05) is 0 Å². The van der Waals surface area contributed by atoms with Crippen molar-refractivity contribution in [3.63, 3.8) is 0 Å². The van der Waals surface area contributed by atoms with Crippen LogP contribution in [0.3, 0.4) is 0 Å². The third-order valence-corrected chi connectivity index (χ3v) is 5.12. The van der Waals surface area contributed by atoms with Gasteiger partial charge in [0.25, 0.3) is 5.56 Å². The largest absolute Gasteiger partial charge is 0.350 e. The third-order valence-electron chi connectivity index (χ3n) is 4.25. The number of thiophene rings is 1. The first-order valence-electron chi connectivity index (χ1n) is 8.55. The Morgan fingerprint density at radius 2 is 1.85 bits per heavy atom. The number of nitrogens with zero attached hydrogens (tertiary/aromatic N) is 2. The number of hydrogen-bond acceptors (Lipinski definition) is 4. The molecule has 0 unspecified atom stereocenters. The number of nitrogens with one attached hydrogen (secondary N) is 1. The first kappa shape index (κ1) is 17.2. The van der Waals surface area contributed by atoms with Gasteiger partial charge in [0.05, 0.1) is 12.2 Å². The number of rotatable bonds is 5. The summed E-state index contributed by atoms with van der Waals surface area (Å²) in [5.41, 5.74) is 1.26. The van der Waals surface area contributed by atoms with Gasteiger partial charge in [-0.05, 0) is 34.4 Å². The molecule has 134 valence electrons. The summed E-state index contributed by atoms with van der Waals surface area (Å²) >= 11 is 1.58. The highest BCUT2D eigenvalue weighted by molar-refractivity contribution is 7.09. The molecule has 6 heteroatoms. The van der Waals surface area contributed by atoms with E-state index in [0.29, 0.717) is 12.2 Å². The summed E-state index contributed by atoms with van der Waals surface area (Å²) in [5, 5.41) is 11.4. The third kappa shape index (κ3) is 3.96. The molecule has 0 atom stereocenters. The molecular weight excluding hydrogens is 358 g/mol. The summed E-state index contributed by atoms with van der Waals surface area (Å²) < 4.78 is 1.20. The van der Waals surface area contributed by atoms with Crippen LogP contribution in [0, 0.1) is 0 Å². The molecule has 0 fully saturated rings. The molecule has 5 nitrogen and oxygen atoms in total. The fraction of sp³-hybridized carbons (Fsp3) is 0.0952. The van der Waals surface area contributed by atoms with Crippen molar-refractivity contribution in [3.05, 3.63) is 87.3 Å². The molecule has 0 aliphatic heterocycles. The van der Waals surface area contributed by atoms with Gasteiger partial charge in [-0.15, -0.1) is 11.3 Å². The molecule has 2 heterocycles. The number of carbonyl (C=O) groups is 1. The maximum atomic E-state index is 12.2. The molecule has 2 aromatic carbocycles. The molecule has 27 heavy (non-hydrogen) atoms. The van der Waals surface area contributed by atoms with Gasteiger partial charge in [-0.3, -0.25) is 9.59 Å². The summed E-state index contributed by atoms with van der Waals surface area (Å²) in [7, 11) is 0. The summed E-state index contributed by atoms with van der Waals surface area (Å²) in [4.78, 5) is 25.3. The van der Waals surface area contributed by atoms with Crippen molar-refractivity contribution in [2.24, 2.45) is 0 Å². The van der Waals surface area contributed by atoms with Crippen molar-refractivity contribution in [3.8, 4) is 11.3 Å². The Kier molecular flexibility index (Phi) is 4.80. The lowest BCUT2D eigenvalue weighted by atomic mass is 10.1. The maximum absolute atomic E-state index is 12.2. The molecule has 2 aromatic heterocycles. The number of amides is 1. The van der Waals surface area contributed by atoms with Gasteiger partial charge in [0, 0.05) is 16.5 Å². The van der Waals surface area contributed by atoms with Crippen LogP contribution in [-0.4, -0.2) is 15.7 Å². The SMILES string of the molecule is O=C(Cn1nc(-c2ccc3ccccc3c2)ccc1=O)NCc1cccs1. The van der Waals surface area contributed by atoms with Crippen molar-refractivity contribution in [1.82, 2.24) is 15.1 Å². The van der Waals surface area contributed by atoms with Gasteiger partial charge in [-0.1, -0.05) is 42.5 Å². The van der Waals surface area contributed by atoms with E-state index in [1.165, 1.54) is 10.7 Å². The van der Waals surface area contributed by atoms with E-state index in [1.807, 2.05) is 60.0 Å². The monoisotopic (exact) mass is 375 g/mol. The lowest BCUT2D eigenvalue weighted by molar-refractivity contribution is -0.122. The lowest BCUT2D eigenvalue weighted by Crippen LogP contribution is -2.33.